The van der Waals surface area contributed by atoms with Crippen LogP contribution in [-0.2, 0) is 9.47 Å². The third kappa shape index (κ3) is 1.02. The van der Waals surface area contributed by atoms with Gasteiger partial charge < -0.3 is 9.47 Å². The van der Waals surface area contributed by atoms with Crippen LogP contribution in [0.25, 0.3) is 0 Å². The quantitative estimate of drug-likeness (QED) is 0.514. The molecule has 3 nitrogen and oxygen atoms in total. The van der Waals surface area contributed by atoms with Crippen molar-refractivity contribution < 1.29 is 9.47 Å². The molecule has 11 heavy (non-hydrogen) atoms. The lowest BCUT2D eigenvalue weighted by molar-refractivity contribution is 0.180. The average Bonchev–Trinajstić information content (AvgIpc) is 2.46. The summed E-state index contributed by atoms with van der Waals surface area (Å²) in [6.45, 7) is 0. The van der Waals surface area contributed by atoms with E-state index in [4.69, 9.17) is 9.47 Å². The number of nitrogens with zero attached hydrogens (tertiary/aromatic N) is 1. The molecular weight excluding hydrogens is 142 g/mol. The number of fused-ring (bicyclic) bond motifs is 1. The van der Waals surface area contributed by atoms with Crippen LogP contribution in [0.3, 0.4) is 0 Å². The van der Waals surface area contributed by atoms with Crippen LogP contribution in [0.15, 0.2) is 29.3 Å². The lowest BCUT2D eigenvalue weighted by atomic mass is 10.1. The van der Waals surface area contributed by atoms with Crippen LogP contribution >= 0.6 is 0 Å². The van der Waals surface area contributed by atoms with Crippen molar-refractivity contribution in [2.45, 2.75) is 12.1 Å². The largest absolute Gasteiger partial charge is 0.454 e. The Labute approximate surface area is 65.0 Å². The Morgan fingerprint density at radius 2 is 2.27 bits per heavy atom. The maximum Gasteiger partial charge on any atom is 0.384 e. The van der Waals surface area contributed by atoms with Crippen molar-refractivity contribution in [1.29, 1.82) is 0 Å². The molecule has 1 aliphatic carbocycles. The van der Waals surface area contributed by atoms with Crippen LogP contribution in [0.5, 0.6) is 0 Å². The Morgan fingerprint density at radius 1 is 1.45 bits per heavy atom. The van der Waals surface area contributed by atoms with Gasteiger partial charge in [-0.1, -0.05) is 18.2 Å². The van der Waals surface area contributed by atoms with Gasteiger partial charge in [0.25, 0.3) is 0 Å². The van der Waals surface area contributed by atoms with Crippen molar-refractivity contribution in [3.05, 3.63) is 24.3 Å². The minimum Gasteiger partial charge on any atom is -0.454 e. The summed E-state index contributed by atoms with van der Waals surface area (Å²) in [7, 11) is 1.56. The molecule has 0 aromatic carbocycles. The first kappa shape index (κ1) is 6.46. The normalized spacial score (nSPS) is 32.6. The molecule has 0 spiro atoms. The lowest BCUT2D eigenvalue weighted by Crippen LogP contribution is -2.19. The molecule has 2 aliphatic rings. The molecule has 0 aromatic rings. The standard InChI is InChI=1S/C8H9NO2/c1-10-8-9-6-4-2-3-5-7(6)11-8/h2-7H,1H3. The van der Waals surface area contributed by atoms with Gasteiger partial charge in [0.2, 0.25) is 0 Å². The molecule has 0 saturated carbocycles. The molecule has 0 fully saturated rings. The third-order valence-corrected chi connectivity index (χ3v) is 1.72. The van der Waals surface area contributed by atoms with Crippen molar-refractivity contribution in [2.24, 2.45) is 4.99 Å². The van der Waals surface area contributed by atoms with E-state index in [2.05, 4.69) is 4.99 Å². The molecule has 0 radical (unpaired) electrons. The van der Waals surface area contributed by atoms with Gasteiger partial charge in [-0.2, -0.15) is 0 Å². The van der Waals surface area contributed by atoms with Gasteiger partial charge in [-0.15, -0.1) is 0 Å². The van der Waals surface area contributed by atoms with E-state index in [0.29, 0.717) is 6.08 Å². The zero-order chi connectivity index (χ0) is 7.68. The van der Waals surface area contributed by atoms with Crippen LogP contribution in [0, 0.1) is 0 Å². The maximum atomic E-state index is 5.30. The van der Waals surface area contributed by atoms with Crippen LogP contribution in [0.4, 0.5) is 0 Å². The van der Waals surface area contributed by atoms with E-state index in [1.807, 2.05) is 24.3 Å². The Morgan fingerprint density at radius 3 is 3.00 bits per heavy atom. The Balaban J connectivity index is 2.16. The fourth-order valence-corrected chi connectivity index (χ4v) is 1.17. The van der Waals surface area contributed by atoms with E-state index in [1.54, 1.807) is 7.11 Å². The molecule has 0 amide bonds. The predicted octanol–water partition coefficient (Wildman–Crippen LogP) is 0.882. The van der Waals surface area contributed by atoms with Crippen LogP contribution in [0.1, 0.15) is 0 Å². The minimum absolute atomic E-state index is 0.0509. The van der Waals surface area contributed by atoms with Gasteiger partial charge in [-0.3, -0.25) is 0 Å². The van der Waals surface area contributed by atoms with Crippen molar-refractivity contribution in [3.63, 3.8) is 0 Å². The van der Waals surface area contributed by atoms with Crippen molar-refractivity contribution in [1.82, 2.24) is 0 Å². The van der Waals surface area contributed by atoms with E-state index in [0.717, 1.165) is 0 Å². The second-order valence-electron chi connectivity index (χ2n) is 2.44. The molecule has 58 valence electrons. The van der Waals surface area contributed by atoms with E-state index < -0.39 is 0 Å². The van der Waals surface area contributed by atoms with Gasteiger partial charge in [0, 0.05) is 0 Å². The van der Waals surface area contributed by atoms with E-state index in [9.17, 15) is 0 Å². The second-order valence-corrected chi connectivity index (χ2v) is 2.44. The molecule has 1 heterocycles. The van der Waals surface area contributed by atoms with Gasteiger partial charge in [-0.25, -0.2) is 4.99 Å². The Kier molecular flexibility index (Phi) is 1.42. The Hall–Kier alpha value is -1.25. The summed E-state index contributed by atoms with van der Waals surface area (Å²) >= 11 is 0. The molecule has 0 bridgehead atoms. The number of hydrogen-bond acceptors (Lipinski definition) is 3. The molecule has 0 saturated heterocycles. The first-order chi connectivity index (χ1) is 5.40. The summed E-state index contributed by atoms with van der Waals surface area (Å²) < 4.78 is 10.2. The lowest BCUT2D eigenvalue weighted by Gasteiger charge is -2.11. The molecule has 3 heteroatoms. The summed E-state index contributed by atoms with van der Waals surface area (Å²) in [5.74, 6) is 0. The van der Waals surface area contributed by atoms with Crippen LogP contribution in [0.2, 0.25) is 0 Å². The number of rotatable bonds is 0. The molecule has 0 aromatic heterocycles. The summed E-state index contributed by atoms with van der Waals surface area (Å²) in [6, 6.07) is 0.120. The number of aliphatic imine (C=N–C) groups is 1. The van der Waals surface area contributed by atoms with Crippen LogP contribution < -0.4 is 0 Å². The fourth-order valence-electron chi connectivity index (χ4n) is 1.17. The topological polar surface area (TPSA) is 30.8 Å². The summed E-state index contributed by atoms with van der Waals surface area (Å²) in [6.07, 6.45) is 8.32. The average molecular weight is 151 g/mol. The van der Waals surface area contributed by atoms with Gasteiger partial charge in [0.05, 0.1) is 7.11 Å². The van der Waals surface area contributed by atoms with Crippen molar-refractivity contribution in [2.75, 3.05) is 7.11 Å². The molecule has 0 N–H and O–H groups in total. The first-order valence-corrected chi connectivity index (χ1v) is 3.53. The molecule has 1 aliphatic heterocycles. The SMILES string of the molecule is COC1=NC2C=CC=CC2O1. The number of hydrogen-bond donors (Lipinski definition) is 0. The summed E-state index contributed by atoms with van der Waals surface area (Å²) in [5, 5.41) is 0. The highest BCUT2D eigenvalue weighted by molar-refractivity contribution is 5.70. The highest BCUT2D eigenvalue weighted by Crippen LogP contribution is 2.19. The highest BCUT2D eigenvalue weighted by atomic mass is 16.7. The van der Waals surface area contributed by atoms with Crippen molar-refractivity contribution in [3.8, 4) is 0 Å². The predicted molar refractivity (Wildman–Crippen MR) is 41.4 cm³/mol. The Bertz CT molecular complexity index is 242. The maximum absolute atomic E-state index is 5.30. The minimum atomic E-state index is 0.0509. The number of allylic oxidation sites excluding steroid dienone is 2. The fraction of sp³-hybridized carbons (Fsp3) is 0.375. The first-order valence-electron chi connectivity index (χ1n) is 3.53. The second kappa shape index (κ2) is 2.42. The number of ether oxygens (including phenoxy) is 2. The molecular formula is C8H9NO2. The van der Waals surface area contributed by atoms with E-state index in [1.165, 1.54) is 0 Å². The van der Waals surface area contributed by atoms with Crippen molar-refractivity contribution >= 4 is 6.08 Å². The third-order valence-electron chi connectivity index (χ3n) is 1.72. The zero-order valence-electron chi connectivity index (χ0n) is 6.23. The molecule has 2 atom stereocenters. The summed E-state index contributed by atoms with van der Waals surface area (Å²) in [5.41, 5.74) is 0. The summed E-state index contributed by atoms with van der Waals surface area (Å²) in [4.78, 5) is 4.16. The van der Waals surface area contributed by atoms with E-state index >= 15 is 0 Å². The van der Waals surface area contributed by atoms with E-state index in [-0.39, 0.29) is 12.1 Å². The van der Waals surface area contributed by atoms with Gasteiger partial charge in [0.15, 0.2) is 0 Å². The van der Waals surface area contributed by atoms with Gasteiger partial charge in [0.1, 0.15) is 12.1 Å². The number of methoxy groups -OCH3 is 1. The molecule has 2 unspecified atom stereocenters. The highest BCUT2D eigenvalue weighted by Gasteiger charge is 2.28. The smallest absolute Gasteiger partial charge is 0.384 e. The monoisotopic (exact) mass is 151 g/mol. The van der Waals surface area contributed by atoms with Gasteiger partial charge >= 0.3 is 6.08 Å². The van der Waals surface area contributed by atoms with Crippen LogP contribution in [-0.4, -0.2) is 25.3 Å². The molecule has 2 rings (SSSR count). The zero-order valence-corrected chi connectivity index (χ0v) is 6.23. The van der Waals surface area contributed by atoms with Gasteiger partial charge in [-0.05, 0) is 6.08 Å².